The maximum absolute atomic E-state index is 12.0. The molecule has 24 heavy (non-hydrogen) atoms. The molecule has 5 nitrogen and oxygen atoms in total. The molecule has 0 atom stereocenters. The SMILES string of the molecule is Cc1ccc(-n2ccnc2SCC(=O)NCc2ccco2)c(C)c1. The van der Waals surface area contributed by atoms with E-state index in [0.29, 0.717) is 12.3 Å². The van der Waals surface area contributed by atoms with Crippen LogP contribution in [-0.2, 0) is 11.3 Å². The first-order chi connectivity index (χ1) is 11.6. The van der Waals surface area contributed by atoms with Gasteiger partial charge in [0.15, 0.2) is 5.16 Å². The van der Waals surface area contributed by atoms with E-state index in [4.69, 9.17) is 4.42 Å². The zero-order valence-electron chi connectivity index (χ0n) is 13.7. The van der Waals surface area contributed by atoms with Gasteiger partial charge in [0, 0.05) is 12.4 Å². The summed E-state index contributed by atoms with van der Waals surface area (Å²) in [5, 5.41) is 3.64. The Labute approximate surface area is 145 Å². The lowest BCUT2D eigenvalue weighted by Crippen LogP contribution is -2.24. The molecule has 2 heterocycles. The van der Waals surface area contributed by atoms with E-state index in [1.165, 1.54) is 22.9 Å². The number of carbonyl (C=O) groups is 1. The summed E-state index contributed by atoms with van der Waals surface area (Å²) >= 11 is 1.42. The third kappa shape index (κ3) is 3.89. The number of furan rings is 1. The van der Waals surface area contributed by atoms with Gasteiger partial charge >= 0.3 is 0 Å². The molecular weight excluding hydrogens is 322 g/mol. The normalized spacial score (nSPS) is 10.8. The fourth-order valence-electron chi connectivity index (χ4n) is 2.44. The molecule has 2 aromatic heterocycles. The minimum absolute atomic E-state index is 0.0495. The molecule has 0 saturated heterocycles. The summed E-state index contributed by atoms with van der Waals surface area (Å²) in [6.45, 7) is 4.55. The summed E-state index contributed by atoms with van der Waals surface area (Å²) in [5.41, 5.74) is 3.48. The van der Waals surface area contributed by atoms with Crippen LogP contribution in [0, 0.1) is 13.8 Å². The molecular formula is C18H19N3O2S. The monoisotopic (exact) mass is 341 g/mol. The van der Waals surface area contributed by atoms with E-state index in [9.17, 15) is 4.79 Å². The zero-order chi connectivity index (χ0) is 16.9. The van der Waals surface area contributed by atoms with Gasteiger partial charge < -0.3 is 9.73 Å². The Kier molecular flexibility index (Phi) is 5.05. The van der Waals surface area contributed by atoms with Crippen LogP contribution in [0.3, 0.4) is 0 Å². The summed E-state index contributed by atoms with van der Waals surface area (Å²) in [6, 6.07) is 9.93. The summed E-state index contributed by atoms with van der Waals surface area (Å²) in [6.07, 6.45) is 5.26. The second kappa shape index (κ2) is 7.40. The first kappa shape index (κ1) is 16.4. The van der Waals surface area contributed by atoms with Crippen molar-refractivity contribution in [2.24, 2.45) is 0 Å². The number of nitrogens with one attached hydrogen (secondary N) is 1. The highest BCUT2D eigenvalue weighted by molar-refractivity contribution is 7.99. The van der Waals surface area contributed by atoms with Crippen molar-refractivity contribution < 1.29 is 9.21 Å². The second-order valence-electron chi connectivity index (χ2n) is 5.51. The van der Waals surface area contributed by atoms with Gasteiger partial charge in [-0.2, -0.15) is 0 Å². The molecule has 0 aliphatic rings. The van der Waals surface area contributed by atoms with E-state index in [1.54, 1.807) is 18.5 Å². The van der Waals surface area contributed by atoms with Crippen molar-refractivity contribution in [3.8, 4) is 5.69 Å². The molecule has 0 bridgehead atoms. The van der Waals surface area contributed by atoms with Crippen LogP contribution in [0.25, 0.3) is 5.69 Å². The molecule has 6 heteroatoms. The van der Waals surface area contributed by atoms with E-state index in [2.05, 4.69) is 42.3 Å². The van der Waals surface area contributed by atoms with Crippen LogP contribution in [0.5, 0.6) is 0 Å². The molecule has 3 aromatic rings. The van der Waals surface area contributed by atoms with Gasteiger partial charge in [-0.15, -0.1) is 0 Å². The maximum Gasteiger partial charge on any atom is 0.230 e. The van der Waals surface area contributed by atoms with Crippen LogP contribution in [0.15, 0.2) is 58.6 Å². The van der Waals surface area contributed by atoms with E-state index in [-0.39, 0.29) is 5.91 Å². The highest BCUT2D eigenvalue weighted by Crippen LogP contribution is 2.23. The molecule has 0 unspecified atom stereocenters. The van der Waals surface area contributed by atoms with Crippen molar-refractivity contribution in [3.05, 3.63) is 65.9 Å². The van der Waals surface area contributed by atoms with Gasteiger partial charge in [0.05, 0.1) is 24.2 Å². The van der Waals surface area contributed by atoms with Crippen molar-refractivity contribution in [1.82, 2.24) is 14.9 Å². The molecule has 0 saturated carbocycles. The van der Waals surface area contributed by atoms with E-state index >= 15 is 0 Å². The maximum atomic E-state index is 12.0. The zero-order valence-corrected chi connectivity index (χ0v) is 14.5. The lowest BCUT2D eigenvalue weighted by Gasteiger charge is -2.11. The Bertz CT molecular complexity index is 825. The number of nitrogens with zero attached hydrogens (tertiary/aromatic N) is 2. The highest BCUT2D eigenvalue weighted by Gasteiger charge is 2.11. The molecule has 124 valence electrons. The van der Waals surface area contributed by atoms with E-state index < -0.39 is 0 Å². The molecule has 0 fully saturated rings. The number of hydrogen-bond donors (Lipinski definition) is 1. The van der Waals surface area contributed by atoms with Gasteiger partial charge in [-0.1, -0.05) is 29.5 Å². The number of aromatic nitrogens is 2. The summed E-state index contributed by atoms with van der Waals surface area (Å²) in [5.74, 6) is 1.000. The molecule has 1 N–H and O–H groups in total. The minimum Gasteiger partial charge on any atom is -0.467 e. The summed E-state index contributed by atoms with van der Waals surface area (Å²) < 4.78 is 7.21. The number of amides is 1. The van der Waals surface area contributed by atoms with Crippen molar-refractivity contribution in [1.29, 1.82) is 0 Å². The standard InChI is InChI=1S/C18H19N3O2S/c1-13-5-6-16(14(2)10-13)21-8-7-19-18(21)24-12-17(22)20-11-15-4-3-9-23-15/h3-10H,11-12H2,1-2H3,(H,20,22). The van der Waals surface area contributed by atoms with Gasteiger partial charge in [0.2, 0.25) is 5.91 Å². The Morgan fingerprint density at radius 1 is 1.33 bits per heavy atom. The van der Waals surface area contributed by atoms with Gasteiger partial charge in [-0.05, 0) is 37.6 Å². The average molecular weight is 341 g/mol. The van der Waals surface area contributed by atoms with E-state index in [1.807, 2.05) is 16.8 Å². The topological polar surface area (TPSA) is 60.1 Å². The number of imidazole rings is 1. The fraction of sp³-hybridized carbons (Fsp3) is 0.222. The molecule has 3 rings (SSSR count). The molecule has 1 aromatic carbocycles. The molecule has 0 spiro atoms. The Morgan fingerprint density at radius 2 is 2.21 bits per heavy atom. The molecule has 0 aliphatic heterocycles. The highest BCUT2D eigenvalue weighted by atomic mass is 32.2. The number of thioether (sulfide) groups is 1. The number of hydrogen-bond acceptors (Lipinski definition) is 4. The Balaban J connectivity index is 1.62. The Hall–Kier alpha value is -2.47. The second-order valence-corrected chi connectivity index (χ2v) is 6.46. The van der Waals surface area contributed by atoms with Crippen LogP contribution in [-0.4, -0.2) is 21.2 Å². The van der Waals surface area contributed by atoms with Crippen LogP contribution in [0.4, 0.5) is 0 Å². The first-order valence-electron chi connectivity index (χ1n) is 7.66. The fourth-order valence-corrected chi connectivity index (χ4v) is 3.23. The Morgan fingerprint density at radius 3 is 2.96 bits per heavy atom. The smallest absolute Gasteiger partial charge is 0.230 e. The number of carbonyl (C=O) groups excluding carboxylic acids is 1. The summed E-state index contributed by atoms with van der Waals surface area (Å²) in [7, 11) is 0. The number of rotatable bonds is 6. The van der Waals surface area contributed by atoms with Gasteiger partial charge in [0.1, 0.15) is 5.76 Å². The van der Waals surface area contributed by atoms with Crippen molar-refractivity contribution in [3.63, 3.8) is 0 Å². The van der Waals surface area contributed by atoms with Crippen LogP contribution >= 0.6 is 11.8 Å². The summed E-state index contributed by atoms with van der Waals surface area (Å²) in [4.78, 5) is 16.3. The molecule has 1 amide bonds. The first-order valence-corrected chi connectivity index (χ1v) is 8.65. The van der Waals surface area contributed by atoms with Gasteiger partial charge in [0.25, 0.3) is 0 Å². The quantitative estimate of drug-likeness (QED) is 0.697. The van der Waals surface area contributed by atoms with Crippen molar-refractivity contribution in [2.45, 2.75) is 25.5 Å². The lowest BCUT2D eigenvalue weighted by molar-refractivity contribution is -0.118. The number of aryl methyl sites for hydroxylation is 2. The van der Waals surface area contributed by atoms with E-state index in [0.717, 1.165) is 16.6 Å². The van der Waals surface area contributed by atoms with Crippen LogP contribution in [0.2, 0.25) is 0 Å². The third-order valence-electron chi connectivity index (χ3n) is 3.59. The van der Waals surface area contributed by atoms with Crippen LogP contribution < -0.4 is 5.32 Å². The molecule has 0 aliphatic carbocycles. The predicted molar refractivity (Wildman–Crippen MR) is 94.3 cm³/mol. The molecule has 0 radical (unpaired) electrons. The van der Waals surface area contributed by atoms with Crippen molar-refractivity contribution in [2.75, 3.05) is 5.75 Å². The lowest BCUT2D eigenvalue weighted by atomic mass is 10.1. The average Bonchev–Trinajstić information content (AvgIpc) is 3.22. The predicted octanol–water partition coefficient (Wildman–Crippen LogP) is 3.49. The number of benzene rings is 1. The van der Waals surface area contributed by atoms with Crippen LogP contribution in [0.1, 0.15) is 16.9 Å². The van der Waals surface area contributed by atoms with Crippen molar-refractivity contribution >= 4 is 17.7 Å². The van der Waals surface area contributed by atoms with Gasteiger partial charge in [-0.25, -0.2) is 4.98 Å². The minimum atomic E-state index is -0.0495. The van der Waals surface area contributed by atoms with Gasteiger partial charge in [-0.3, -0.25) is 9.36 Å². The largest absolute Gasteiger partial charge is 0.467 e. The third-order valence-corrected chi connectivity index (χ3v) is 4.56.